The Balaban J connectivity index is 1.45. The van der Waals surface area contributed by atoms with Crippen molar-refractivity contribution in [2.24, 2.45) is 0 Å². The van der Waals surface area contributed by atoms with Crippen LogP contribution in [0.2, 0.25) is 0 Å². The first-order valence-corrected chi connectivity index (χ1v) is 10.4. The largest absolute Gasteiger partial charge is 0.494 e. The van der Waals surface area contributed by atoms with E-state index >= 15 is 0 Å². The second kappa shape index (κ2) is 9.11. The van der Waals surface area contributed by atoms with Crippen LogP contribution in [0.15, 0.2) is 47.0 Å². The maximum absolute atomic E-state index is 6.01. The van der Waals surface area contributed by atoms with Gasteiger partial charge in [-0.05, 0) is 68.8 Å². The molecule has 1 aliphatic heterocycles. The molecule has 4 rings (SSSR count). The number of anilines is 1. The van der Waals surface area contributed by atoms with E-state index in [0.717, 1.165) is 54.3 Å². The zero-order valence-corrected chi connectivity index (χ0v) is 16.6. The Morgan fingerprint density at radius 3 is 2.71 bits per heavy atom. The lowest BCUT2D eigenvalue weighted by Crippen LogP contribution is -2.33. The highest BCUT2D eigenvalue weighted by molar-refractivity contribution is 5.91. The van der Waals surface area contributed by atoms with Crippen molar-refractivity contribution in [3.63, 3.8) is 0 Å². The molecule has 0 saturated carbocycles. The number of hydrogen-bond acceptors (Lipinski definition) is 5. The molecule has 0 bridgehead atoms. The molecule has 148 valence electrons. The summed E-state index contributed by atoms with van der Waals surface area (Å²) in [6.45, 7) is 7.30. The Morgan fingerprint density at radius 2 is 1.93 bits per heavy atom. The fraction of sp³-hybridized carbons (Fsp3) is 0.435. The standard InChI is InChI=1S/C23H29N3O2/c1-2-16-27-19-8-6-18(7-9-19)22-17-20-21(10-11-25-23(20)28-22)24-12-15-26-13-4-3-5-14-26/h6-11,17H,2-5,12-16H2,1H3,(H,24,25). The maximum Gasteiger partial charge on any atom is 0.228 e. The van der Waals surface area contributed by atoms with E-state index in [1.165, 1.54) is 32.4 Å². The fourth-order valence-electron chi connectivity index (χ4n) is 3.70. The minimum absolute atomic E-state index is 0.671. The second-order valence-corrected chi connectivity index (χ2v) is 7.39. The van der Waals surface area contributed by atoms with Crippen molar-refractivity contribution in [2.45, 2.75) is 32.6 Å². The molecule has 0 radical (unpaired) electrons. The van der Waals surface area contributed by atoms with Crippen molar-refractivity contribution in [1.29, 1.82) is 0 Å². The van der Waals surface area contributed by atoms with Gasteiger partial charge in [-0.2, -0.15) is 0 Å². The molecule has 1 fully saturated rings. The van der Waals surface area contributed by atoms with Gasteiger partial charge in [0.05, 0.1) is 12.0 Å². The first-order chi connectivity index (χ1) is 13.8. The predicted molar refractivity (Wildman–Crippen MR) is 114 cm³/mol. The van der Waals surface area contributed by atoms with Gasteiger partial charge >= 0.3 is 0 Å². The molecule has 28 heavy (non-hydrogen) atoms. The van der Waals surface area contributed by atoms with Gasteiger partial charge in [-0.25, -0.2) is 4.98 Å². The van der Waals surface area contributed by atoms with Crippen LogP contribution in [0.1, 0.15) is 32.6 Å². The molecular weight excluding hydrogens is 350 g/mol. The second-order valence-electron chi connectivity index (χ2n) is 7.39. The van der Waals surface area contributed by atoms with Crippen molar-refractivity contribution in [1.82, 2.24) is 9.88 Å². The smallest absolute Gasteiger partial charge is 0.228 e. The third kappa shape index (κ3) is 4.47. The molecule has 1 aromatic carbocycles. The highest BCUT2D eigenvalue weighted by atomic mass is 16.5. The maximum atomic E-state index is 6.01. The van der Waals surface area contributed by atoms with E-state index < -0.39 is 0 Å². The Hall–Kier alpha value is -2.53. The van der Waals surface area contributed by atoms with E-state index in [2.05, 4.69) is 28.2 Å². The Kier molecular flexibility index (Phi) is 6.12. The summed E-state index contributed by atoms with van der Waals surface area (Å²) in [7, 11) is 0. The summed E-state index contributed by atoms with van der Waals surface area (Å²) in [6, 6.07) is 12.2. The number of benzene rings is 1. The van der Waals surface area contributed by atoms with Gasteiger partial charge in [-0.15, -0.1) is 0 Å². The summed E-state index contributed by atoms with van der Waals surface area (Å²) in [4.78, 5) is 6.94. The van der Waals surface area contributed by atoms with Crippen LogP contribution < -0.4 is 10.1 Å². The van der Waals surface area contributed by atoms with Crippen molar-refractivity contribution >= 4 is 16.8 Å². The van der Waals surface area contributed by atoms with E-state index in [1.54, 1.807) is 6.20 Å². The van der Waals surface area contributed by atoms with Gasteiger partial charge in [0.1, 0.15) is 11.5 Å². The van der Waals surface area contributed by atoms with E-state index in [9.17, 15) is 0 Å². The summed E-state index contributed by atoms with van der Waals surface area (Å²) >= 11 is 0. The normalized spacial score (nSPS) is 15.0. The molecule has 0 aliphatic carbocycles. The average molecular weight is 380 g/mol. The number of fused-ring (bicyclic) bond motifs is 1. The Bertz CT molecular complexity index is 883. The molecule has 1 saturated heterocycles. The topological polar surface area (TPSA) is 50.5 Å². The molecule has 2 aromatic heterocycles. The van der Waals surface area contributed by atoms with E-state index in [0.29, 0.717) is 5.71 Å². The molecule has 5 nitrogen and oxygen atoms in total. The van der Waals surface area contributed by atoms with E-state index in [4.69, 9.17) is 9.15 Å². The van der Waals surface area contributed by atoms with Gasteiger partial charge in [-0.1, -0.05) is 13.3 Å². The summed E-state index contributed by atoms with van der Waals surface area (Å²) in [5.41, 5.74) is 2.78. The number of pyridine rings is 1. The zero-order chi connectivity index (χ0) is 19.2. The van der Waals surface area contributed by atoms with Gasteiger partial charge < -0.3 is 19.4 Å². The number of likely N-dealkylation sites (tertiary alicyclic amines) is 1. The third-order valence-electron chi connectivity index (χ3n) is 5.24. The molecule has 1 N–H and O–H groups in total. The molecule has 0 amide bonds. The van der Waals surface area contributed by atoms with Crippen molar-refractivity contribution in [3.8, 4) is 17.1 Å². The van der Waals surface area contributed by atoms with E-state index in [1.807, 2.05) is 30.3 Å². The number of piperidine rings is 1. The lowest BCUT2D eigenvalue weighted by Gasteiger charge is -2.26. The molecule has 0 unspecified atom stereocenters. The predicted octanol–water partition coefficient (Wildman–Crippen LogP) is 5.18. The number of nitrogens with zero attached hydrogens (tertiary/aromatic N) is 2. The Morgan fingerprint density at radius 1 is 1.11 bits per heavy atom. The lowest BCUT2D eigenvalue weighted by molar-refractivity contribution is 0.237. The van der Waals surface area contributed by atoms with Gasteiger partial charge in [0.15, 0.2) is 0 Å². The van der Waals surface area contributed by atoms with Crippen LogP contribution in [0.5, 0.6) is 5.75 Å². The summed E-state index contributed by atoms with van der Waals surface area (Å²) in [5, 5.41) is 4.60. The fourth-order valence-corrected chi connectivity index (χ4v) is 3.70. The highest BCUT2D eigenvalue weighted by Crippen LogP contribution is 2.31. The third-order valence-corrected chi connectivity index (χ3v) is 5.24. The minimum Gasteiger partial charge on any atom is -0.494 e. The van der Waals surface area contributed by atoms with Crippen LogP contribution in [-0.4, -0.2) is 42.7 Å². The molecule has 3 heterocycles. The molecule has 1 aliphatic rings. The Labute approximate surface area is 166 Å². The van der Waals surface area contributed by atoms with Crippen LogP contribution in [0, 0.1) is 0 Å². The zero-order valence-electron chi connectivity index (χ0n) is 16.6. The van der Waals surface area contributed by atoms with Crippen molar-refractivity contribution < 1.29 is 9.15 Å². The van der Waals surface area contributed by atoms with Crippen LogP contribution in [0.4, 0.5) is 5.69 Å². The molecule has 0 spiro atoms. The summed E-state index contributed by atoms with van der Waals surface area (Å²) in [6.07, 6.45) is 6.84. The highest BCUT2D eigenvalue weighted by Gasteiger charge is 2.12. The van der Waals surface area contributed by atoms with Gasteiger partial charge in [0, 0.05) is 30.5 Å². The lowest BCUT2D eigenvalue weighted by atomic mass is 10.1. The van der Waals surface area contributed by atoms with E-state index in [-0.39, 0.29) is 0 Å². The molecule has 0 atom stereocenters. The van der Waals surface area contributed by atoms with Crippen molar-refractivity contribution in [2.75, 3.05) is 38.1 Å². The first kappa shape index (κ1) is 18.8. The van der Waals surface area contributed by atoms with Gasteiger partial charge in [0.25, 0.3) is 0 Å². The van der Waals surface area contributed by atoms with Gasteiger partial charge in [-0.3, -0.25) is 0 Å². The molecule has 5 heteroatoms. The van der Waals surface area contributed by atoms with Crippen LogP contribution in [0.3, 0.4) is 0 Å². The minimum atomic E-state index is 0.671. The van der Waals surface area contributed by atoms with Crippen LogP contribution in [-0.2, 0) is 0 Å². The van der Waals surface area contributed by atoms with Gasteiger partial charge in [0.2, 0.25) is 5.71 Å². The molecule has 3 aromatic rings. The quantitative estimate of drug-likeness (QED) is 0.584. The number of ether oxygens (including phenoxy) is 1. The SMILES string of the molecule is CCCOc1ccc(-c2cc3c(NCCN4CCCCC4)ccnc3o2)cc1. The monoisotopic (exact) mass is 379 g/mol. The first-order valence-electron chi connectivity index (χ1n) is 10.4. The summed E-state index contributed by atoms with van der Waals surface area (Å²) in [5.74, 6) is 1.72. The number of nitrogens with one attached hydrogen (secondary N) is 1. The number of furan rings is 1. The number of aromatic nitrogens is 1. The number of rotatable bonds is 8. The molecular formula is C23H29N3O2. The average Bonchev–Trinajstić information content (AvgIpc) is 3.19. The van der Waals surface area contributed by atoms with Crippen molar-refractivity contribution in [3.05, 3.63) is 42.6 Å². The number of hydrogen-bond donors (Lipinski definition) is 1. The summed E-state index contributed by atoms with van der Waals surface area (Å²) < 4.78 is 11.7. The van der Waals surface area contributed by atoms with Crippen LogP contribution >= 0.6 is 0 Å². The van der Waals surface area contributed by atoms with Crippen LogP contribution in [0.25, 0.3) is 22.4 Å².